The number of rotatable bonds is 5. The number of piperidine rings is 3. The number of nitrogens with zero attached hydrogens (tertiary/aromatic N) is 2. The predicted molar refractivity (Wildman–Crippen MR) is 92.4 cm³/mol. The number of imide groups is 1. The summed E-state index contributed by atoms with van der Waals surface area (Å²) in [7, 11) is 2.35. The molecule has 3 rings (SSSR count). The molecule has 0 saturated carbocycles. The van der Waals surface area contributed by atoms with E-state index in [0.29, 0.717) is 37.8 Å². The number of ether oxygens (including phenoxy) is 1. The lowest BCUT2D eigenvalue weighted by molar-refractivity contribution is -0.947. The molecule has 0 N–H and O–H groups in total. The molecule has 0 spiro atoms. The molecule has 6 heteroatoms. The van der Waals surface area contributed by atoms with E-state index in [9.17, 15) is 14.4 Å². The zero-order chi connectivity index (χ0) is 17.9. The van der Waals surface area contributed by atoms with E-state index < -0.39 is 0 Å². The van der Waals surface area contributed by atoms with Gasteiger partial charge in [0.15, 0.2) is 0 Å². The van der Waals surface area contributed by atoms with E-state index in [1.807, 2.05) is 0 Å². The molecule has 0 unspecified atom stereocenters. The summed E-state index contributed by atoms with van der Waals surface area (Å²) in [6.45, 7) is 3.14. The summed E-state index contributed by atoms with van der Waals surface area (Å²) in [6, 6.07) is 0.612. The molecule has 0 radical (unpaired) electrons. The van der Waals surface area contributed by atoms with Gasteiger partial charge in [0.05, 0.1) is 39.2 Å². The van der Waals surface area contributed by atoms with Gasteiger partial charge >= 0.3 is 5.97 Å². The van der Waals surface area contributed by atoms with Crippen molar-refractivity contribution in [2.24, 2.45) is 5.92 Å². The minimum atomic E-state index is -0.290. The van der Waals surface area contributed by atoms with E-state index in [0.717, 1.165) is 10.9 Å². The summed E-state index contributed by atoms with van der Waals surface area (Å²) in [4.78, 5) is 36.9. The molecular formula is C19H31N2O4+. The van der Waals surface area contributed by atoms with Crippen molar-refractivity contribution in [2.45, 2.75) is 63.8 Å². The molecule has 0 aliphatic carbocycles. The second-order valence-corrected chi connectivity index (χ2v) is 8.12. The van der Waals surface area contributed by atoms with Gasteiger partial charge in [-0.2, -0.15) is 0 Å². The van der Waals surface area contributed by atoms with Crippen LogP contribution < -0.4 is 0 Å². The number of amides is 2. The van der Waals surface area contributed by atoms with Gasteiger partial charge in [0, 0.05) is 31.7 Å². The van der Waals surface area contributed by atoms with Gasteiger partial charge in [-0.1, -0.05) is 0 Å². The van der Waals surface area contributed by atoms with Gasteiger partial charge in [0.1, 0.15) is 0 Å². The molecular weight excluding hydrogens is 320 g/mol. The van der Waals surface area contributed by atoms with Crippen LogP contribution in [0.1, 0.15) is 57.8 Å². The van der Waals surface area contributed by atoms with E-state index in [4.69, 9.17) is 4.74 Å². The number of fused-ring (bicyclic) bond motifs is 1. The van der Waals surface area contributed by atoms with Crippen molar-refractivity contribution in [3.8, 4) is 0 Å². The Labute approximate surface area is 150 Å². The van der Waals surface area contributed by atoms with Crippen LogP contribution in [0.25, 0.3) is 0 Å². The number of hydrogen-bond acceptors (Lipinski definition) is 4. The summed E-state index contributed by atoms with van der Waals surface area (Å²) < 4.78 is 6.68. The zero-order valence-electron chi connectivity index (χ0n) is 15.4. The predicted octanol–water partition coefficient (Wildman–Crippen LogP) is 1.87. The van der Waals surface area contributed by atoms with Crippen LogP contribution in [0.15, 0.2) is 0 Å². The topological polar surface area (TPSA) is 63.7 Å². The monoisotopic (exact) mass is 351 g/mol. The fraction of sp³-hybridized carbons (Fsp3) is 0.842. The largest absolute Gasteiger partial charge is 0.465 e. The Kier molecular flexibility index (Phi) is 5.77. The number of carbonyl (C=O) groups excluding carboxylic acids is 3. The molecule has 2 amide bonds. The Hall–Kier alpha value is -1.43. The van der Waals surface area contributed by atoms with Crippen molar-refractivity contribution in [3.05, 3.63) is 0 Å². The van der Waals surface area contributed by atoms with Crippen LogP contribution in [0.5, 0.6) is 0 Å². The molecule has 3 aliphatic heterocycles. The molecule has 3 fully saturated rings. The standard InChI is InChI=1S/C19H31N2O4/c1-21-12-3-2-7-16(21)15(6-5-13-21)14-25-19(24)10-11-20-17(22)8-4-9-18(20)23/h15-16H,2-14H2,1H3/q+1/t15-,16-,21+/m0/s1. The maximum absolute atomic E-state index is 12.1. The lowest BCUT2D eigenvalue weighted by Crippen LogP contribution is -2.61. The third kappa shape index (κ3) is 4.22. The molecule has 140 valence electrons. The average Bonchev–Trinajstić information content (AvgIpc) is 2.58. The van der Waals surface area contributed by atoms with E-state index in [1.54, 1.807) is 0 Å². The van der Waals surface area contributed by atoms with Crippen molar-refractivity contribution in [2.75, 3.05) is 33.3 Å². The van der Waals surface area contributed by atoms with Crippen LogP contribution in [-0.4, -0.2) is 66.5 Å². The first-order chi connectivity index (χ1) is 12.0. The van der Waals surface area contributed by atoms with Gasteiger partial charge in [-0.15, -0.1) is 0 Å². The second kappa shape index (κ2) is 7.85. The van der Waals surface area contributed by atoms with Crippen LogP contribution in [0.4, 0.5) is 0 Å². The first kappa shape index (κ1) is 18.4. The summed E-state index contributed by atoms with van der Waals surface area (Å²) in [5.74, 6) is -0.166. The first-order valence-electron chi connectivity index (χ1n) is 9.83. The molecule has 0 bridgehead atoms. The molecule has 0 aromatic carbocycles. The number of carbonyl (C=O) groups is 3. The van der Waals surface area contributed by atoms with Crippen LogP contribution in [-0.2, 0) is 19.1 Å². The normalized spacial score (nSPS) is 33.1. The van der Waals surface area contributed by atoms with Gasteiger partial charge in [-0.25, -0.2) is 0 Å². The molecule has 3 atom stereocenters. The van der Waals surface area contributed by atoms with Gasteiger partial charge in [0.2, 0.25) is 11.8 Å². The van der Waals surface area contributed by atoms with E-state index >= 15 is 0 Å². The smallest absolute Gasteiger partial charge is 0.307 e. The van der Waals surface area contributed by atoms with Crippen molar-refractivity contribution in [1.82, 2.24) is 4.90 Å². The Balaban J connectivity index is 1.45. The minimum absolute atomic E-state index is 0.112. The highest BCUT2D eigenvalue weighted by Gasteiger charge is 2.43. The number of likely N-dealkylation sites (tertiary alicyclic amines) is 1. The van der Waals surface area contributed by atoms with Crippen molar-refractivity contribution >= 4 is 17.8 Å². The van der Waals surface area contributed by atoms with Crippen LogP contribution in [0, 0.1) is 5.92 Å². The van der Waals surface area contributed by atoms with E-state index in [-0.39, 0.29) is 30.7 Å². The fourth-order valence-corrected chi connectivity index (χ4v) is 4.95. The molecule has 3 saturated heterocycles. The molecule has 0 aromatic rings. The van der Waals surface area contributed by atoms with Crippen LogP contribution in [0.3, 0.4) is 0 Å². The van der Waals surface area contributed by atoms with Crippen LogP contribution >= 0.6 is 0 Å². The number of esters is 1. The van der Waals surface area contributed by atoms with E-state index in [1.165, 1.54) is 43.7 Å². The summed E-state index contributed by atoms with van der Waals surface area (Å²) in [6.07, 6.45) is 7.69. The quantitative estimate of drug-likeness (QED) is 0.431. The molecule has 3 heterocycles. The third-order valence-corrected chi connectivity index (χ3v) is 6.39. The van der Waals surface area contributed by atoms with Crippen molar-refractivity contribution in [1.29, 1.82) is 0 Å². The summed E-state index contributed by atoms with van der Waals surface area (Å²) in [5, 5.41) is 0. The molecule has 25 heavy (non-hydrogen) atoms. The van der Waals surface area contributed by atoms with Gasteiger partial charge in [-0.05, 0) is 32.1 Å². The Morgan fingerprint density at radius 1 is 1.08 bits per heavy atom. The minimum Gasteiger partial charge on any atom is -0.465 e. The average molecular weight is 351 g/mol. The van der Waals surface area contributed by atoms with Crippen molar-refractivity contribution in [3.63, 3.8) is 0 Å². The second-order valence-electron chi connectivity index (χ2n) is 8.12. The lowest BCUT2D eigenvalue weighted by atomic mass is 9.82. The van der Waals surface area contributed by atoms with Crippen LogP contribution in [0.2, 0.25) is 0 Å². The SMILES string of the molecule is C[N@+]12CCCC[C@H]1[C@H](COC(=O)CCN1C(=O)CCCC1=O)CCC2. The highest BCUT2D eigenvalue weighted by molar-refractivity contribution is 5.97. The first-order valence-corrected chi connectivity index (χ1v) is 9.83. The Bertz CT molecular complexity index is 516. The third-order valence-electron chi connectivity index (χ3n) is 6.39. The van der Waals surface area contributed by atoms with Crippen molar-refractivity contribution < 1.29 is 23.6 Å². The summed E-state index contributed by atoms with van der Waals surface area (Å²) >= 11 is 0. The molecule has 3 aliphatic rings. The molecule has 0 aromatic heterocycles. The Morgan fingerprint density at radius 2 is 1.80 bits per heavy atom. The lowest BCUT2D eigenvalue weighted by Gasteiger charge is -2.51. The van der Waals surface area contributed by atoms with Gasteiger partial charge in [0.25, 0.3) is 0 Å². The maximum Gasteiger partial charge on any atom is 0.307 e. The number of quaternary nitrogens is 1. The fourth-order valence-electron chi connectivity index (χ4n) is 4.95. The van der Waals surface area contributed by atoms with Gasteiger partial charge < -0.3 is 9.22 Å². The van der Waals surface area contributed by atoms with Gasteiger partial charge in [-0.3, -0.25) is 19.3 Å². The zero-order valence-corrected chi connectivity index (χ0v) is 15.4. The summed E-state index contributed by atoms with van der Waals surface area (Å²) in [5.41, 5.74) is 0. The van der Waals surface area contributed by atoms with E-state index in [2.05, 4.69) is 7.05 Å². The number of hydrogen-bond donors (Lipinski definition) is 0. The Morgan fingerprint density at radius 3 is 2.56 bits per heavy atom. The molecule has 6 nitrogen and oxygen atoms in total. The maximum atomic E-state index is 12.1. The highest BCUT2D eigenvalue weighted by atomic mass is 16.5. The highest BCUT2D eigenvalue weighted by Crippen LogP contribution is 2.36.